The third kappa shape index (κ3) is 4.08. The first-order valence-corrected chi connectivity index (χ1v) is 9.98. The second-order valence-corrected chi connectivity index (χ2v) is 7.95. The van der Waals surface area contributed by atoms with Crippen LogP contribution in [0.15, 0.2) is 53.4 Å². The van der Waals surface area contributed by atoms with E-state index in [1.165, 1.54) is 0 Å². The minimum atomic E-state index is -3.64. The van der Waals surface area contributed by atoms with E-state index in [0.717, 1.165) is 24.0 Å². The van der Waals surface area contributed by atoms with Crippen molar-refractivity contribution in [3.63, 3.8) is 0 Å². The quantitative estimate of drug-likeness (QED) is 0.831. The number of benzene rings is 2. The van der Waals surface area contributed by atoms with Gasteiger partial charge >= 0.3 is 0 Å². The Morgan fingerprint density at radius 3 is 2.60 bits per heavy atom. The van der Waals surface area contributed by atoms with Gasteiger partial charge < -0.3 is 5.32 Å². The number of carbonyl (C=O) groups excluding carboxylic acids is 1. The van der Waals surface area contributed by atoms with Gasteiger partial charge in [0, 0.05) is 18.2 Å². The second kappa shape index (κ2) is 7.37. The molecule has 2 aromatic rings. The molecule has 25 heavy (non-hydrogen) atoms. The molecule has 132 valence electrons. The number of amides is 1. The summed E-state index contributed by atoms with van der Waals surface area (Å²) in [7, 11) is -3.64. The summed E-state index contributed by atoms with van der Waals surface area (Å²) < 4.78 is 28.5. The number of nitrogens with one attached hydrogen (secondary N) is 2. The largest absolute Gasteiger partial charge is 0.326 e. The summed E-state index contributed by atoms with van der Waals surface area (Å²) in [4.78, 5) is 11.7. The van der Waals surface area contributed by atoms with Crippen LogP contribution in [0.1, 0.15) is 43.4 Å². The highest BCUT2D eigenvalue weighted by molar-refractivity contribution is 7.89. The Balaban J connectivity index is 1.87. The highest BCUT2D eigenvalue weighted by Gasteiger charge is 2.23. The van der Waals surface area contributed by atoms with E-state index in [1.807, 2.05) is 37.3 Å². The summed E-state index contributed by atoms with van der Waals surface area (Å²) in [5.74, 6) is -0.0340. The van der Waals surface area contributed by atoms with Crippen molar-refractivity contribution in [2.45, 2.75) is 43.5 Å². The summed E-state index contributed by atoms with van der Waals surface area (Å²) in [6, 6.07) is 14.2. The topological polar surface area (TPSA) is 75.3 Å². The van der Waals surface area contributed by atoms with Crippen molar-refractivity contribution in [2.75, 3.05) is 5.32 Å². The third-order valence-corrected chi connectivity index (χ3v) is 5.83. The molecule has 0 bridgehead atoms. The summed E-state index contributed by atoms with van der Waals surface area (Å²) in [6.45, 7) is 2.03. The monoisotopic (exact) mass is 358 g/mol. The van der Waals surface area contributed by atoms with Gasteiger partial charge in [0.2, 0.25) is 15.9 Å². The van der Waals surface area contributed by atoms with Crippen molar-refractivity contribution in [1.82, 2.24) is 4.72 Å². The van der Waals surface area contributed by atoms with Crippen molar-refractivity contribution in [2.24, 2.45) is 0 Å². The number of rotatable bonds is 6. The van der Waals surface area contributed by atoms with Gasteiger partial charge in [0.1, 0.15) is 0 Å². The number of hydrogen-bond acceptors (Lipinski definition) is 3. The zero-order chi connectivity index (χ0) is 17.9. The molecule has 6 heteroatoms. The van der Waals surface area contributed by atoms with E-state index in [9.17, 15) is 13.2 Å². The molecule has 1 aliphatic heterocycles. The van der Waals surface area contributed by atoms with Crippen LogP contribution in [0, 0.1) is 0 Å². The predicted molar refractivity (Wildman–Crippen MR) is 97.8 cm³/mol. The van der Waals surface area contributed by atoms with Gasteiger partial charge in [-0.25, -0.2) is 13.1 Å². The molecule has 2 aromatic carbocycles. The Labute approximate surface area is 148 Å². The van der Waals surface area contributed by atoms with E-state index < -0.39 is 10.0 Å². The highest BCUT2D eigenvalue weighted by Crippen LogP contribution is 2.27. The van der Waals surface area contributed by atoms with Crippen molar-refractivity contribution < 1.29 is 13.2 Å². The van der Waals surface area contributed by atoms with E-state index in [-0.39, 0.29) is 16.8 Å². The average molecular weight is 358 g/mol. The van der Waals surface area contributed by atoms with E-state index in [4.69, 9.17) is 0 Å². The van der Waals surface area contributed by atoms with Gasteiger partial charge in [0.15, 0.2) is 0 Å². The molecule has 1 amide bonds. The lowest BCUT2D eigenvalue weighted by Crippen LogP contribution is -2.29. The fraction of sp³-hybridized carbons (Fsp3) is 0.316. The van der Waals surface area contributed by atoms with E-state index >= 15 is 0 Å². The molecule has 0 fully saturated rings. The SMILES string of the molecule is CCCC(NS(=O)(=O)c1ccc2c(c1)CCC(=O)N2)c1ccccc1. The van der Waals surface area contributed by atoms with Crippen molar-refractivity contribution in [1.29, 1.82) is 0 Å². The van der Waals surface area contributed by atoms with E-state index in [1.54, 1.807) is 18.2 Å². The molecule has 1 unspecified atom stereocenters. The summed E-state index contributed by atoms with van der Waals surface area (Å²) in [6.07, 6.45) is 2.54. The first kappa shape index (κ1) is 17.6. The zero-order valence-electron chi connectivity index (χ0n) is 14.2. The number of hydrogen-bond donors (Lipinski definition) is 2. The van der Waals surface area contributed by atoms with Crippen LogP contribution in [-0.2, 0) is 21.2 Å². The van der Waals surface area contributed by atoms with Gasteiger partial charge in [0.25, 0.3) is 0 Å². The fourth-order valence-electron chi connectivity index (χ4n) is 3.05. The van der Waals surface area contributed by atoms with Crippen LogP contribution in [-0.4, -0.2) is 14.3 Å². The van der Waals surface area contributed by atoms with Gasteiger partial charge in [-0.15, -0.1) is 0 Å². The molecule has 0 spiro atoms. The molecule has 0 aromatic heterocycles. The number of anilines is 1. The number of aryl methyl sites for hydroxylation is 1. The molecule has 1 atom stereocenters. The maximum Gasteiger partial charge on any atom is 0.241 e. The smallest absolute Gasteiger partial charge is 0.241 e. The van der Waals surface area contributed by atoms with Crippen LogP contribution in [0.2, 0.25) is 0 Å². The van der Waals surface area contributed by atoms with Crippen LogP contribution in [0.25, 0.3) is 0 Å². The summed E-state index contributed by atoms with van der Waals surface area (Å²) in [5.41, 5.74) is 2.51. The molecule has 0 saturated heterocycles. The van der Waals surface area contributed by atoms with Gasteiger partial charge in [-0.1, -0.05) is 43.7 Å². The molecule has 1 aliphatic rings. The van der Waals surface area contributed by atoms with Crippen LogP contribution < -0.4 is 10.0 Å². The van der Waals surface area contributed by atoms with E-state index in [2.05, 4.69) is 10.0 Å². The average Bonchev–Trinajstić information content (AvgIpc) is 2.61. The number of carbonyl (C=O) groups is 1. The number of sulfonamides is 1. The van der Waals surface area contributed by atoms with Crippen LogP contribution >= 0.6 is 0 Å². The first-order chi connectivity index (χ1) is 12.0. The molecular formula is C19H22N2O3S. The van der Waals surface area contributed by atoms with E-state index in [0.29, 0.717) is 18.5 Å². The molecule has 3 rings (SSSR count). The van der Waals surface area contributed by atoms with Gasteiger partial charge in [-0.05, 0) is 42.2 Å². The molecular weight excluding hydrogens is 336 g/mol. The highest BCUT2D eigenvalue weighted by atomic mass is 32.2. The third-order valence-electron chi connectivity index (χ3n) is 4.36. The van der Waals surface area contributed by atoms with Gasteiger partial charge in [0.05, 0.1) is 4.90 Å². The molecule has 5 nitrogen and oxygen atoms in total. The predicted octanol–water partition coefficient (Wildman–Crippen LogP) is 3.39. The number of fused-ring (bicyclic) bond motifs is 1. The minimum Gasteiger partial charge on any atom is -0.326 e. The first-order valence-electron chi connectivity index (χ1n) is 8.49. The maximum atomic E-state index is 12.8. The summed E-state index contributed by atoms with van der Waals surface area (Å²) >= 11 is 0. The Morgan fingerprint density at radius 2 is 1.88 bits per heavy atom. The van der Waals surface area contributed by atoms with Gasteiger partial charge in [-0.3, -0.25) is 4.79 Å². The van der Waals surface area contributed by atoms with Crippen molar-refractivity contribution in [3.8, 4) is 0 Å². The minimum absolute atomic E-state index is 0.0340. The Kier molecular flexibility index (Phi) is 5.20. The Bertz CT molecular complexity index is 863. The normalized spacial score (nSPS) is 15.3. The van der Waals surface area contributed by atoms with Crippen molar-refractivity contribution >= 4 is 21.6 Å². The molecule has 0 aliphatic carbocycles. The van der Waals surface area contributed by atoms with Crippen molar-refractivity contribution in [3.05, 3.63) is 59.7 Å². The lowest BCUT2D eigenvalue weighted by molar-refractivity contribution is -0.116. The lowest BCUT2D eigenvalue weighted by atomic mass is 10.0. The van der Waals surface area contributed by atoms with Gasteiger partial charge in [-0.2, -0.15) is 0 Å². The molecule has 1 heterocycles. The Morgan fingerprint density at radius 1 is 1.12 bits per heavy atom. The van der Waals surface area contributed by atoms with Crippen LogP contribution in [0.4, 0.5) is 5.69 Å². The standard InChI is InChI=1S/C19H22N2O3S/c1-2-6-18(14-7-4-3-5-8-14)21-25(23,24)16-10-11-17-15(13-16)9-12-19(22)20-17/h3-5,7-8,10-11,13,18,21H,2,6,9,12H2,1H3,(H,20,22). The fourth-order valence-corrected chi connectivity index (χ4v) is 4.36. The van der Waals surface area contributed by atoms with Crippen LogP contribution in [0.3, 0.4) is 0 Å². The zero-order valence-corrected chi connectivity index (χ0v) is 15.0. The van der Waals surface area contributed by atoms with Crippen LogP contribution in [0.5, 0.6) is 0 Å². The summed E-state index contributed by atoms with van der Waals surface area (Å²) in [5, 5.41) is 2.77. The Hall–Kier alpha value is -2.18. The maximum absolute atomic E-state index is 12.8. The molecule has 0 saturated carbocycles. The molecule has 2 N–H and O–H groups in total. The lowest BCUT2D eigenvalue weighted by Gasteiger charge is -2.21. The second-order valence-electron chi connectivity index (χ2n) is 6.24. The molecule has 0 radical (unpaired) electrons.